The van der Waals surface area contributed by atoms with E-state index in [1.807, 2.05) is 19.0 Å². The van der Waals surface area contributed by atoms with Gasteiger partial charge in [-0.1, -0.05) is 0 Å². The molecular weight excluding hydrogens is 260 g/mol. The second-order valence-corrected chi connectivity index (χ2v) is 4.67. The molecule has 0 aliphatic carbocycles. The average Bonchev–Trinajstić information content (AvgIpc) is 2.66. The topological polar surface area (TPSA) is 71.2 Å². The van der Waals surface area contributed by atoms with Crippen molar-refractivity contribution in [2.75, 3.05) is 33.7 Å². The molecule has 1 amide bonds. The van der Waals surface area contributed by atoms with E-state index in [2.05, 4.69) is 10.3 Å². The van der Waals surface area contributed by atoms with E-state index in [4.69, 9.17) is 5.73 Å². The minimum Gasteiger partial charge on any atom is -0.349 e. The van der Waals surface area contributed by atoms with E-state index < -0.39 is 0 Å². The van der Waals surface area contributed by atoms with E-state index in [9.17, 15) is 4.79 Å². The molecule has 0 atom stereocenters. The highest BCUT2D eigenvalue weighted by Gasteiger charge is 2.09. The average molecular weight is 279 g/mol. The monoisotopic (exact) mass is 278 g/mol. The fourth-order valence-corrected chi connectivity index (χ4v) is 1.93. The van der Waals surface area contributed by atoms with Crippen LogP contribution in [0.25, 0.3) is 0 Å². The molecule has 1 heterocycles. The summed E-state index contributed by atoms with van der Waals surface area (Å²) in [6.45, 7) is 2.02. The Labute approximate surface area is 112 Å². The van der Waals surface area contributed by atoms with Gasteiger partial charge in [0, 0.05) is 24.9 Å². The Morgan fingerprint density at radius 1 is 1.59 bits per heavy atom. The number of aromatic nitrogens is 1. The smallest absolute Gasteiger partial charge is 0.270 e. The van der Waals surface area contributed by atoms with E-state index in [1.165, 1.54) is 11.3 Å². The van der Waals surface area contributed by atoms with Crippen molar-refractivity contribution < 1.29 is 4.79 Å². The van der Waals surface area contributed by atoms with Crippen LogP contribution >= 0.6 is 23.7 Å². The molecule has 1 aromatic rings. The lowest BCUT2D eigenvalue weighted by Crippen LogP contribution is -2.31. The van der Waals surface area contributed by atoms with Gasteiger partial charge in [0.2, 0.25) is 0 Å². The number of hydrogen-bond acceptors (Lipinski definition) is 5. The molecule has 0 aliphatic heterocycles. The first-order valence-electron chi connectivity index (χ1n) is 5.21. The van der Waals surface area contributed by atoms with Crippen molar-refractivity contribution in [1.29, 1.82) is 0 Å². The number of amides is 1. The molecule has 0 bridgehead atoms. The van der Waals surface area contributed by atoms with E-state index in [1.54, 1.807) is 5.38 Å². The van der Waals surface area contributed by atoms with Crippen LogP contribution in [-0.4, -0.2) is 49.5 Å². The van der Waals surface area contributed by atoms with Gasteiger partial charge in [-0.05, 0) is 20.6 Å². The first-order valence-corrected chi connectivity index (χ1v) is 6.09. The summed E-state index contributed by atoms with van der Waals surface area (Å²) >= 11 is 1.48. The Bertz CT molecular complexity index is 343. The summed E-state index contributed by atoms with van der Waals surface area (Å²) in [4.78, 5) is 17.9. The molecule has 17 heavy (non-hydrogen) atoms. The normalized spacial score (nSPS) is 10.1. The molecule has 0 unspecified atom stereocenters. The number of hydrogen-bond donors (Lipinski definition) is 2. The maximum Gasteiger partial charge on any atom is 0.270 e. The highest BCUT2D eigenvalue weighted by Crippen LogP contribution is 2.09. The van der Waals surface area contributed by atoms with Gasteiger partial charge >= 0.3 is 0 Å². The Hall–Kier alpha value is -0.690. The standard InChI is InChI=1S/C10H18N4OS.ClH/c1-14(2)6-5-12-10(15)8-7-16-9(13-8)3-4-11;/h7H,3-6,11H2,1-2H3,(H,12,15);1H. The molecule has 0 saturated heterocycles. The second-order valence-electron chi connectivity index (χ2n) is 3.72. The molecule has 0 saturated carbocycles. The van der Waals surface area contributed by atoms with Crippen molar-refractivity contribution in [2.45, 2.75) is 6.42 Å². The summed E-state index contributed by atoms with van der Waals surface area (Å²) in [7, 11) is 3.93. The fourth-order valence-electron chi connectivity index (χ4n) is 1.14. The molecular formula is C10H19ClN4OS. The molecule has 7 heteroatoms. The zero-order chi connectivity index (χ0) is 12.0. The van der Waals surface area contributed by atoms with Crippen LogP contribution in [0.1, 0.15) is 15.5 Å². The Balaban J connectivity index is 0.00000256. The number of nitrogens with two attached hydrogens (primary N) is 1. The molecule has 0 aliphatic rings. The third kappa shape index (κ3) is 5.97. The summed E-state index contributed by atoms with van der Waals surface area (Å²) in [5, 5.41) is 5.51. The molecule has 98 valence electrons. The minimum atomic E-state index is -0.110. The van der Waals surface area contributed by atoms with Gasteiger partial charge in [-0.25, -0.2) is 4.98 Å². The van der Waals surface area contributed by atoms with Gasteiger partial charge < -0.3 is 16.0 Å². The Kier molecular flexibility index (Phi) is 8.07. The molecule has 3 N–H and O–H groups in total. The Morgan fingerprint density at radius 3 is 2.88 bits per heavy atom. The number of nitrogens with one attached hydrogen (secondary N) is 1. The lowest BCUT2D eigenvalue weighted by molar-refractivity contribution is 0.0946. The molecule has 1 rings (SSSR count). The number of rotatable bonds is 6. The van der Waals surface area contributed by atoms with Crippen molar-refractivity contribution in [2.24, 2.45) is 5.73 Å². The molecule has 0 radical (unpaired) electrons. The summed E-state index contributed by atoms with van der Waals surface area (Å²) in [5.74, 6) is -0.110. The number of thiazole rings is 1. The quantitative estimate of drug-likeness (QED) is 0.788. The minimum absolute atomic E-state index is 0. The maximum absolute atomic E-state index is 11.6. The largest absolute Gasteiger partial charge is 0.349 e. The third-order valence-corrected chi connectivity index (χ3v) is 2.90. The van der Waals surface area contributed by atoms with Crippen LogP contribution in [0.3, 0.4) is 0 Å². The molecule has 0 aromatic carbocycles. The van der Waals surface area contributed by atoms with Gasteiger partial charge in [0.25, 0.3) is 5.91 Å². The van der Waals surface area contributed by atoms with Crippen LogP contribution in [0.15, 0.2) is 5.38 Å². The molecule has 5 nitrogen and oxygen atoms in total. The molecule has 0 fully saturated rings. The van der Waals surface area contributed by atoms with Gasteiger partial charge in [-0.15, -0.1) is 23.7 Å². The predicted octanol–water partition coefficient (Wildman–Crippen LogP) is 0.358. The fraction of sp³-hybridized carbons (Fsp3) is 0.600. The zero-order valence-electron chi connectivity index (χ0n) is 10.1. The van der Waals surface area contributed by atoms with Crippen LogP contribution < -0.4 is 11.1 Å². The van der Waals surface area contributed by atoms with Crippen LogP contribution in [0, 0.1) is 0 Å². The predicted molar refractivity (Wildman–Crippen MR) is 73.0 cm³/mol. The first-order chi connectivity index (χ1) is 7.63. The summed E-state index contributed by atoms with van der Waals surface area (Å²) in [6, 6.07) is 0. The highest BCUT2D eigenvalue weighted by atomic mass is 35.5. The lowest BCUT2D eigenvalue weighted by atomic mass is 10.4. The number of likely N-dealkylation sites (N-methyl/N-ethyl adjacent to an activating group) is 1. The van der Waals surface area contributed by atoms with Gasteiger partial charge in [0.15, 0.2) is 0 Å². The number of halogens is 1. The van der Waals surface area contributed by atoms with Gasteiger partial charge in [0.1, 0.15) is 5.69 Å². The maximum atomic E-state index is 11.6. The van der Waals surface area contributed by atoms with Crippen LogP contribution in [0.4, 0.5) is 0 Å². The Morgan fingerprint density at radius 2 is 2.29 bits per heavy atom. The van der Waals surface area contributed by atoms with E-state index in [0.717, 1.165) is 18.0 Å². The van der Waals surface area contributed by atoms with Crippen LogP contribution in [0.2, 0.25) is 0 Å². The second kappa shape index (κ2) is 8.41. The van der Waals surface area contributed by atoms with Gasteiger partial charge in [-0.3, -0.25) is 4.79 Å². The first kappa shape index (κ1) is 16.3. The van der Waals surface area contributed by atoms with Crippen molar-refractivity contribution in [3.8, 4) is 0 Å². The number of nitrogens with zero attached hydrogens (tertiary/aromatic N) is 2. The van der Waals surface area contributed by atoms with E-state index >= 15 is 0 Å². The molecule has 1 aromatic heterocycles. The molecule has 0 spiro atoms. The SMILES string of the molecule is CN(C)CCNC(=O)c1csc(CCN)n1.Cl. The van der Waals surface area contributed by atoms with Crippen molar-refractivity contribution in [3.63, 3.8) is 0 Å². The lowest BCUT2D eigenvalue weighted by Gasteiger charge is -2.09. The zero-order valence-corrected chi connectivity index (χ0v) is 11.7. The van der Waals surface area contributed by atoms with E-state index in [-0.39, 0.29) is 18.3 Å². The number of carbonyl (C=O) groups is 1. The van der Waals surface area contributed by atoms with Gasteiger partial charge in [-0.2, -0.15) is 0 Å². The van der Waals surface area contributed by atoms with Gasteiger partial charge in [0.05, 0.1) is 5.01 Å². The summed E-state index contributed by atoms with van der Waals surface area (Å²) in [6.07, 6.45) is 0.732. The summed E-state index contributed by atoms with van der Waals surface area (Å²) in [5.41, 5.74) is 5.91. The van der Waals surface area contributed by atoms with E-state index in [0.29, 0.717) is 18.8 Å². The van der Waals surface area contributed by atoms with Crippen molar-refractivity contribution in [1.82, 2.24) is 15.2 Å². The highest BCUT2D eigenvalue weighted by molar-refractivity contribution is 7.09. The summed E-state index contributed by atoms with van der Waals surface area (Å²) < 4.78 is 0. The van der Waals surface area contributed by atoms with Crippen molar-refractivity contribution >= 4 is 29.7 Å². The van der Waals surface area contributed by atoms with Crippen LogP contribution in [0.5, 0.6) is 0 Å². The van der Waals surface area contributed by atoms with Crippen LogP contribution in [-0.2, 0) is 6.42 Å². The third-order valence-electron chi connectivity index (χ3n) is 1.99. The van der Waals surface area contributed by atoms with Crippen molar-refractivity contribution in [3.05, 3.63) is 16.1 Å². The number of carbonyl (C=O) groups excluding carboxylic acids is 1.